The Bertz CT molecular complexity index is 8330. The van der Waals surface area contributed by atoms with Gasteiger partial charge >= 0.3 is 24.0 Å². The van der Waals surface area contributed by atoms with Crippen LogP contribution in [0.3, 0.4) is 0 Å². The van der Waals surface area contributed by atoms with Gasteiger partial charge in [-0.15, -0.1) is 0 Å². The van der Waals surface area contributed by atoms with Crippen molar-refractivity contribution in [1.82, 2.24) is 59.8 Å². The Morgan fingerprint density at radius 3 is 0.841 bits per heavy atom. The zero-order chi connectivity index (χ0) is 95.5. The van der Waals surface area contributed by atoms with Gasteiger partial charge in [-0.05, 0) is 158 Å². The van der Waals surface area contributed by atoms with E-state index in [9.17, 15) is 61.3 Å². The molecule has 0 atom stereocenters. The Balaban J connectivity index is 0.000000118. The molecule has 682 valence electrons. The minimum atomic E-state index is -0.356. The van der Waals surface area contributed by atoms with Gasteiger partial charge in [-0.2, -0.15) is 39.9 Å². The molecule has 0 aliphatic heterocycles. The van der Waals surface area contributed by atoms with E-state index in [0.717, 1.165) is 199 Å². The molecule has 0 bridgehead atoms. The van der Waals surface area contributed by atoms with Gasteiger partial charge in [-0.3, -0.25) is 0 Å². The largest absolute Gasteiger partial charge is 0.508 e. The van der Waals surface area contributed by atoms with Gasteiger partial charge in [0.1, 0.15) is 91.2 Å². The second-order valence-corrected chi connectivity index (χ2v) is 32.6. The molecule has 0 aliphatic carbocycles. The number of aromatic hydroxyl groups is 12. The normalized spacial score (nSPS) is 11.3. The van der Waals surface area contributed by atoms with Crippen molar-refractivity contribution in [2.45, 2.75) is 53.4 Å². The van der Waals surface area contributed by atoms with E-state index >= 15 is 0 Å². The van der Waals surface area contributed by atoms with Crippen molar-refractivity contribution in [3.8, 4) is 184 Å². The number of ether oxygens (including phenoxy) is 4. The number of hydrogen-bond donors (Lipinski definition) is 12. The van der Waals surface area contributed by atoms with Crippen LogP contribution in [0.5, 0.6) is 93.0 Å². The summed E-state index contributed by atoms with van der Waals surface area (Å²) in [5.41, 5.74) is 3.06. The lowest BCUT2D eigenvalue weighted by molar-refractivity contribution is 0.292. The zero-order valence-electron chi connectivity index (χ0n) is 74.6. The molecule has 0 radical (unpaired) electrons. The van der Waals surface area contributed by atoms with Crippen LogP contribution in [-0.4, -0.2) is 148 Å². The minimum absolute atomic E-state index is 0.00879. The number of phenolic OH excluding ortho intramolecular Hbond substituents is 12. The average molecular weight is 1830 g/mol. The Labute approximate surface area is 786 Å². The number of benzene rings is 18. The van der Waals surface area contributed by atoms with Crippen LogP contribution in [0.15, 0.2) is 279 Å². The molecule has 22 aromatic rings. The fourth-order valence-corrected chi connectivity index (χ4v) is 17.2. The van der Waals surface area contributed by atoms with Gasteiger partial charge in [0.25, 0.3) is 0 Å². The van der Waals surface area contributed by atoms with Crippen molar-refractivity contribution in [3.63, 3.8) is 0 Å². The molecule has 0 amide bonds. The van der Waals surface area contributed by atoms with Crippen molar-refractivity contribution in [2.75, 3.05) is 26.4 Å². The van der Waals surface area contributed by atoms with Crippen LogP contribution >= 0.6 is 0 Å². The van der Waals surface area contributed by atoms with E-state index in [2.05, 4.69) is 157 Å². The van der Waals surface area contributed by atoms with E-state index < -0.39 is 0 Å². The van der Waals surface area contributed by atoms with Gasteiger partial charge in [0.15, 0.2) is 46.6 Å². The number of fused-ring (bicyclic) bond motifs is 10. The van der Waals surface area contributed by atoms with Crippen molar-refractivity contribution in [2.24, 2.45) is 0 Å². The molecule has 0 aliphatic rings. The molecule has 22 rings (SSSR count). The first-order valence-corrected chi connectivity index (χ1v) is 44.6. The summed E-state index contributed by atoms with van der Waals surface area (Å²) < 4.78 is 23.0. The van der Waals surface area contributed by atoms with E-state index in [1.807, 2.05) is 161 Å². The van der Waals surface area contributed by atoms with Crippen molar-refractivity contribution in [3.05, 3.63) is 279 Å². The van der Waals surface area contributed by atoms with Crippen LogP contribution < -0.4 is 18.9 Å². The molecule has 138 heavy (non-hydrogen) atoms. The Kier molecular flexibility index (Phi) is 24.5. The summed E-state index contributed by atoms with van der Waals surface area (Å²) in [6, 6.07) is 86.7. The van der Waals surface area contributed by atoms with E-state index in [0.29, 0.717) is 49.7 Å². The highest BCUT2D eigenvalue weighted by molar-refractivity contribution is 6.26. The monoisotopic (exact) mass is 1830 g/mol. The van der Waals surface area contributed by atoms with Crippen LogP contribution in [0, 0.1) is 0 Å². The summed E-state index contributed by atoms with van der Waals surface area (Å²) in [7, 11) is 0. The highest BCUT2D eigenvalue weighted by atomic mass is 16.5. The third-order valence-corrected chi connectivity index (χ3v) is 23.2. The number of phenols is 12. The van der Waals surface area contributed by atoms with Gasteiger partial charge in [-0.25, -0.2) is 19.9 Å². The molecule has 0 spiro atoms. The predicted octanol–water partition coefficient (Wildman–Crippen LogP) is 23.4. The third-order valence-electron chi connectivity index (χ3n) is 23.2. The number of aromatic nitrogens is 12. The van der Waals surface area contributed by atoms with Crippen LogP contribution in [0.1, 0.15) is 53.4 Å². The molecule has 0 fully saturated rings. The molecule has 12 N–H and O–H groups in total. The topological polar surface area (TPSA) is 434 Å². The molecule has 28 nitrogen and oxygen atoms in total. The zero-order valence-corrected chi connectivity index (χ0v) is 74.6. The summed E-state index contributed by atoms with van der Waals surface area (Å²) in [6.45, 7) is 9.47. The maximum absolute atomic E-state index is 10.5. The van der Waals surface area contributed by atoms with Crippen LogP contribution in [0.2, 0.25) is 0 Å². The summed E-state index contributed by atoms with van der Waals surface area (Å²) in [6.07, 6.45) is 3.01. The average Bonchev–Trinajstić information content (AvgIpc) is 0.732. The van der Waals surface area contributed by atoms with Gasteiger partial charge in [0, 0.05) is 70.8 Å². The molecule has 18 aromatic carbocycles. The van der Waals surface area contributed by atoms with E-state index in [1.54, 1.807) is 0 Å². The first kappa shape index (κ1) is 88.9. The fourth-order valence-electron chi connectivity index (χ4n) is 17.2. The Hall–Kier alpha value is -18.3. The summed E-state index contributed by atoms with van der Waals surface area (Å²) in [5.74, 6) is -2.36. The SMILES string of the molecule is CCCOc1nc(-c2c(O)cc(O)cc2O)nc(-c2c3ccccc3cc3ccccc23)n1.CCCOc1nc(-c2c(O)cc(O)cc2O)nc(-c2cc3c4ccccc4ccc3c3ccccc23)n1.CCCOc1nc(-c2c(O)cc(O)cc2O)nc(-c2cc3ccccc3c3ccccc23)n1.CCCOc1nc(-c2c(O)cc(O)cc2O)nc(-c2ccc3ccc4cccc5ccc2c3c45)n1. The van der Waals surface area contributed by atoms with Crippen LogP contribution in [0.4, 0.5) is 0 Å². The lowest BCUT2D eigenvalue weighted by Crippen LogP contribution is -2.05. The molecule has 0 saturated heterocycles. The summed E-state index contributed by atoms with van der Waals surface area (Å²) >= 11 is 0. The highest BCUT2D eigenvalue weighted by Gasteiger charge is 2.28. The van der Waals surface area contributed by atoms with Gasteiger partial charge < -0.3 is 80.2 Å². The smallest absolute Gasteiger partial charge is 0.320 e. The predicted molar refractivity (Wildman–Crippen MR) is 532 cm³/mol. The first-order valence-electron chi connectivity index (χ1n) is 44.6. The van der Waals surface area contributed by atoms with Crippen LogP contribution in [-0.2, 0) is 0 Å². The molecule has 28 heteroatoms. The van der Waals surface area contributed by atoms with Crippen molar-refractivity contribution in [1.29, 1.82) is 0 Å². The Morgan fingerprint density at radius 2 is 0.442 bits per heavy atom. The Morgan fingerprint density at radius 1 is 0.181 bits per heavy atom. The first-order chi connectivity index (χ1) is 67.2. The second kappa shape index (κ2) is 38.1. The number of hydrogen-bond acceptors (Lipinski definition) is 28. The third kappa shape index (κ3) is 17.6. The summed E-state index contributed by atoms with van der Waals surface area (Å²) in [5, 5.41) is 144. The molecule has 4 aromatic heterocycles. The minimum Gasteiger partial charge on any atom is -0.508 e. The lowest BCUT2D eigenvalue weighted by atomic mass is 9.92. The maximum atomic E-state index is 10.5. The van der Waals surface area contributed by atoms with E-state index in [4.69, 9.17) is 18.9 Å². The van der Waals surface area contributed by atoms with E-state index in [-0.39, 0.29) is 139 Å². The fraction of sp³-hybridized carbons (Fsp3) is 0.109. The van der Waals surface area contributed by atoms with Gasteiger partial charge in [-0.1, -0.05) is 234 Å². The van der Waals surface area contributed by atoms with Crippen molar-refractivity contribution < 1.29 is 80.2 Å². The van der Waals surface area contributed by atoms with E-state index in [1.165, 1.54) is 5.39 Å². The molecule has 4 heterocycles. The molecule has 0 unspecified atom stereocenters. The van der Waals surface area contributed by atoms with Gasteiger partial charge in [0.2, 0.25) is 0 Å². The van der Waals surface area contributed by atoms with Gasteiger partial charge in [0.05, 0.1) is 26.4 Å². The van der Waals surface area contributed by atoms with Crippen LogP contribution in [0.25, 0.3) is 199 Å². The molecule has 0 saturated carbocycles. The highest BCUT2D eigenvalue weighted by Crippen LogP contribution is 2.49. The quantitative estimate of drug-likeness (QED) is 0.0249. The van der Waals surface area contributed by atoms with Crippen molar-refractivity contribution >= 4 is 108 Å². The lowest BCUT2D eigenvalue weighted by Gasteiger charge is -2.14. The standard InChI is InChI=1S/C30H23N3O4.C28H21N3O4.2C26H21N3O4/c1-2-13-37-30-32-28(31-29(33-30)27-25(35)14-18(34)15-26(27)36)24-16-23-19-8-4-3-7-17(19)11-12-22(23)20-9-5-6-10-21(20)24;1-2-12-35-28-30-26(29-27(31-28)25-21(33)13-18(32)14-22(25)34)20-11-9-17-7-6-15-4-3-5-16-8-10-19(20)24(17)23(15)16;1-2-11-33-26-28-24(27-25(29-26)23-20(31)13-17(30)14-21(23)32)22-18-9-5-3-7-15(18)12-16-8-4-6-10-19(16)22;1-2-11-33-26-28-24(27-25(29-26)23-21(31)13-16(30)14-22(23)32)20-12-15-7-3-4-8-17(15)18-9-5-6-10-19(18)20/h3-12,14-16,34-36H,2,13H2,1H3;3-11,13-14,32-34H,2,12H2,1H3;2*3-10,12-14,30-32H,2,11H2,1H3. The number of nitrogens with zero attached hydrogens (tertiary/aromatic N) is 12. The number of rotatable bonds is 20. The second-order valence-electron chi connectivity index (χ2n) is 32.6. The molecular weight excluding hydrogens is 1750 g/mol. The summed E-state index contributed by atoms with van der Waals surface area (Å²) in [4.78, 5) is 54.2. The maximum Gasteiger partial charge on any atom is 0.320 e. The molecular formula is C110H86N12O16.